The fourth-order valence-corrected chi connectivity index (χ4v) is 3.33. The number of anilines is 2. The van der Waals surface area contributed by atoms with Gasteiger partial charge in [0.2, 0.25) is 0 Å². The predicted molar refractivity (Wildman–Crippen MR) is 96.0 cm³/mol. The van der Waals surface area contributed by atoms with Gasteiger partial charge in [-0.2, -0.15) is 8.42 Å². The van der Waals surface area contributed by atoms with Gasteiger partial charge in [-0.15, -0.1) is 0 Å². The summed E-state index contributed by atoms with van der Waals surface area (Å²) in [5, 5.41) is 0. The summed E-state index contributed by atoms with van der Waals surface area (Å²) < 4.78 is 33.3. The van der Waals surface area contributed by atoms with Crippen molar-refractivity contribution in [2.24, 2.45) is 0 Å². The molecule has 5 N–H and O–H groups in total. The second kappa shape index (κ2) is 5.99. The Morgan fingerprint density at radius 1 is 0.708 bits per heavy atom. The van der Waals surface area contributed by atoms with Crippen LogP contribution < -0.4 is 11.5 Å². The Balaban J connectivity index is 2.34. The van der Waals surface area contributed by atoms with Crippen LogP contribution in [0.4, 0.5) is 11.4 Å². The van der Waals surface area contributed by atoms with E-state index in [1.807, 2.05) is 0 Å². The minimum absolute atomic E-state index is 0.151. The highest BCUT2D eigenvalue weighted by atomic mass is 32.2. The van der Waals surface area contributed by atoms with Gasteiger partial charge in [-0.05, 0) is 47.0 Å². The largest absolute Gasteiger partial charge is 0.399 e. The molecule has 0 saturated carbocycles. The molecule has 0 heterocycles. The van der Waals surface area contributed by atoms with Crippen LogP contribution in [-0.2, 0) is 10.1 Å². The average Bonchev–Trinajstić information content (AvgIpc) is 2.55. The monoisotopic (exact) mass is 340 g/mol. The molecule has 0 bridgehead atoms. The first kappa shape index (κ1) is 16.0. The van der Waals surface area contributed by atoms with Crippen molar-refractivity contribution in [2.45, 2.75) is 4.90 Å². The topological polar surface area (TPSA) is 106 Å². The van der Waals surface area contributed by atoms with Crippen LogP contribution in [-0.4, -0.2) is 13.0 Å². The van der Waals surface area contributed by atoms with Crippen LogP contribution in [0.1, 0.15) is 0 Å². The van der Waals surface area contributed by atoms with E-state index in [1.165, 1.54) is 6.07 Å². The van der Waals surface area contributed by atoms with E-state index in [0.29, 0.717) is 28.1 Å². The average molecular weight is 340 g/mol. The molecule has 122 valence electrons. The van der Waals surface area contributed by atoms with Crippen LogP contribution in [0, 0.1) is 0 Å². The van der Waals surface area contributed by atoms with Gasteiger partial charge in [0.15, 0.2) is 0 Å². The molecule has 3 aromatic carbocycles. The molecule has 0 unspecified atom stereocenters. The van der Waals surface area contributed by atoms with Crippen molar-refractivity contribution in [2.75, 3.05) is 11.5 Å². The van der Waals surface area contributed by atoms with Gasteiger partial charge in [-0.1, -0.05) is 36.4 Å². The summed E-state index contributed by atoms with van der Waals surface area (Å²) in [6, 6.07) is 18.7. The van der Waals surface area contributed by atoms with Gasteiger partial charge < -0.3 is 11.5 Å². The van der Waals surface area contributed by atoms with Crippen LogP contribution in [0.2, 0.25) is 0 Å². The van der Waals surface area contributed by atoms with Gasteiger partial charge >= 0.3 is 0 Å². The number of benzene rings is 3. The molecule has 0 amide bonds. The molecule has 0 saturated heterocycles. The van der Waals surface area contributed by atoms with E-state index in [9.17, 15) is 13.0 Å². The predicted octanol–water partition coefficient (Wildman–Crippen LogP) is 3.43. The lowest BCUT2D eigenvalue weighted by atomic mass is 9.94. The Morgan fingerprint density at radius 2 is 1.21 bits per heavy atom. The normalized spacial score (nSPS) is 11.4. The Bertz CT molecular complexity index is 980. The van der Waals surface area contributed by atoms with Crippen molar-refractivity contribution < 1.29 is 13.0 Å². The number of rotatable bonds is 3. The maximum atomic E-state index is 11.8. The zero-order valence-corrected chi connectivity index (χ0v) is 13.5. The highest BCUT2D eigenvalue weighted by molar-refractivity contribution is 7.86. The molecule has 3 aromatic rings. The van der Waals surface area contributed by atoms with E-state index in [-0.39, 0.29) is 4.90 Å². The molecular weight excluding hydrogens is 324 g/mol. The third-order valence-electron chi connectivity index (χ3n) is 3.73. The minimum Gasteiger partial charge on any atom is -0.399 e. The van der Waals surface area contributed by atoms with E-state index < -0.39 is 10.1 Å². The van der Waals surface area contributed by atoms with Gasteiger partial charge in [0.1, 0.15) is 4.90 Å². The molecule has 0 aliphatic rings. The van der Waals surface area contributed by atoms with Crippen molar-refractivity contribution >= 4 is 21.5 Å². The molecule has 0 aliphatic heterocycles. The Morgan fingerprint density at radius 3 is 1.71 bits per heavy atom. The van der Waals surface area contributed by atoms with Crippen LogP contribution in [0.5, 0.6) is 0 Å². The lowest BCUT2D eigenvalue weighted by Gasteiger charge is -2.14. The van der Waals surface area contributed by atoms with Crippen molar-refractivity contribution in [3.05, 3.63) is 66.7 Å². The van der Waals surface area contributed by atoms with Gasteiger partial charge in [0.05, 0.1) is 0 Å². The third-order valence-corrected chi connectivity index (χ3v) is 4.62. The van der Waals surface area contributed by atoms with Gasteiger partial charge in [-0.3, -0.25) is 4.55 Å². The van der Waals surface area contributed by atoms with E-state index in [0.717, 1.165) is 5.56 Å². The minimum atomic E-state index is -4.39. The fraction of sp³-hybridized carbons (Fsp3) is 0. The first-order valence-electron chi connectivity index (χ1n) is 7.18. The Labute approximate surface area is 140 Å². The summed E-state index contributed by atoms with van der Waals surface area (Å²) in [6.45, 7) is 0. The van der Waals surface area contributed by atoms with Crippen LogP contribution in [0.25, 0.3) is 22.3 Å². The number of hydrogen-bond acceptors (Lipinski definition) is 4. The third kappa shape index (κ3) is 3.10. The first-order chi connectivity index (χ1) is 11.4. The van der Waals surface area contributed by atoms with E-state index in [2.05, 4.69) is 0 Å². The van der Waals surface area contributed by atoms with Crippen molar-refractivity contribution in [1.29, 1.82) is 0 Å². The summed E-state index contributed by atoms with van der Waals surface area (Å²) in [6.07, 6.45) is 0. The molecular formula is C18H16N2O3S. The second-order valence-electron chi connectivity index (χ2n) is 5.40. The molecule has 0 atom stereocenters. The van der Waals surface area contributed by atoms with Gasteiger partial charge in [0.25, 0.3) is 10.1 Å². The molecule has 6 heteroatoms. The van der Waals surface area contributed by atoms with Crippen LogP contribution in [0.15, 0.2) is 71.6 Å². The maximum absolute atomic E-state index is 11.8. The summed E-state index contributed by atoms with van der Waals surface area (Å²) in [5.41, 5.74) is 15.1. The molecule has 24 heavy (non-hydrogen) atoms. The van der Waals surface area contributed by atoms with E-state index in [1.54, 1.807) is 60.7 Å². The molecule has 5 nitrogen and oxygen atoms in total. The zero-order valence-electron chi connectivity index (χ0n) is 12.7. The molecule has 0 aromatic heterocycles. The number of nitrogen functional groups attached to an aromatic ring is 2. The highest BCUT2D eigenvalue weighted by Gasteiger charge is 2.20. The SMILES string of the molecule is Nc1ccc(-c2cccc(S(=O)(=O)O)c2-c2ccc(N)cc2)cc1. The maximum Gasteiger partial charge on any atom is 0.295 e. The zero-order chi connectivity index (χ0) is 17.3. The second-order valence-corrected chi connectivity index (χ2v) is 6.79. The summed E-state index contributed by atoms with van der Waals surface area (Å²) in [4.78, 5) is -0.151. The first-order valence-corrected chi connectivity index (χ1v) is 8.62. The van der Waals surface area contributed by atoms with Gasteiger partial charge in [-0.25, -0.2) is 0 Å². The van der Waals surface area contributed by atoms with E-state index in [4.69, 9.17) is 11.5 Å². The molecule has 0 fully saturated rings. The lowest BCUT2D eigenvalue weighted by Crippen LogP contribution is -2.02. The van der Waals surface area contributed by atoms with Crippen molar-refractivity contribution in [3.63, 3.8) is 0 Å². The molecule has 0 radical (unpaired) electrons. The standard InChI is InChI=1S/C18H16N2O3S/c19-14-8-4-12(5-9-14)16-2-1-3-17(24(21,22)23)18(16)13-6-10-15(20)11-7-13/h1-11H,19-20H2,(H,21,22,23). The molecule has 0 aliphatic carbocycles. The quantitative estimate of drug-likeness (QED) is 0.500. The summed E-state index contributed by atoms with van der Waals surface area (Å²) >= 11 is 0. The number of hydrogen-bond donors (Lipinski definition) is 3. The van der Waals surface area contributed by atoms with E-state index >= 15 is 0 Å². The van der Waals surface area contributed by atoms with Crippen LogP contribution in [0.3, 0.4) is 0 Å². The molecule has 3 rings (SSSR count). The van der Waals surface area contributed by atoms with Crippen molar-refractivity contribution in [3.8, 4) is 22.3 Å². The Kier molecular flexibility index (Phi) is 4.01. The van der Waals surface area contributed by atoms with Crippen LogP contribution >= 0.6 is 0 Å². The van der Waals surface area contributed by atoms with Crippen molar-refractivity contribution in [1.82, 2.24) is 0 Å². The van der Waals surface area contributed by atoms with Gasteiger partial charge in [0, 0.05) is 16.9 Å². The molecule has 0 spiro atoms. The summed E-state index contributed by atoms with van der Waals surface area (Å²) in [5.74, 6) is 0. The highest BCUT2D eigenvalue weighted by Crippen LogP contribution is 2.37. The number of nitrogens with two attached hydrogens (primary N) is 2. The fourth-order valence-electron chi connectivity index (χ4n) is 2.60. The Hall–Kier alpha value is -2.83. The smallest absolute Gasteiger partial charge is 0.295 e. The summed E-state index contributed by atoms with van der Waals surface area (Å²) in [7, 11) is -4.39. The lowest BCUT2D eigenvalue weighted by molar-refractivity contribution is 0.483.